The predicted octanol–water partition coefficient (Wildman–Crippen LogP) is 1.51. The molecule has 5 nitrogen and oxygen atoms in total. The first kappa shape index (κ1) is 15.0. The van der Waals surface area contributed by atoms with Gasteiger partial charge in [-0.05, 0) is 43.8 Å². The number of carbonyl (C=O) groups excluding carboxylic acids is 1. The number of hydrogen-bond donors (Lipinski definition) is 2. The maximum atomic E-state index is 12.7. The van der Waals surface area contributed by atoms with Crippen LogP contribution in [-0.4, -0.2) is 35.3 Å². The third-order valence-corrected chi connectivity index (χ3v) is 3.96. The molecule has 0 aromatic carbocycles. The lowest BCUT2D eigenvalue weighted by atomic mass is 9.87. The van der Waals surface area contributed by atoms with Gasteiger partial charge in [0.15, 0.2) is 0 Å². The van der Waals surface area contributed by atoms with E-state index in [1.807, 2.05) is 16.9 Å². The van der Waals surface area contributed by atoms with Crippen LogP contribution in [0.25, 0.3) is 0 Å². The van der Waals surface area contributed by atoms with Gasteiger partial charge in [0.05, 0.1) is 0 Å². The van der Waals surface area contributed by atoms with Crippen molar-refractivity contribution in [3.05, 3.63) is 18.5 Å². The topological polar surface area (TPSA) is 59.0 Å². The Balaban J connectivity index is 2.06. The van der Waals surface area contributed by atoms with Gasteiger partial charge in [-0.1, -0.05) is 20.8 Å². The summed E-state index contributed by atoms with van der Waals surface area (Å²) in [5.74, 6) is 0.104. The Morgan fingerprint density at radius 1 is 1.40 bits per heavy atom. The van der Waals surface area contributed by atoms with Crippen LogP contribution in [0.5, 0.6) is 0 Å². The molecule has 5 heteroatoms. The number of nitrogens with one attached hydrogen (secondary N) is 2. The second-order valence-corrected chi connectivity index (χ2v) is 6.80. The third kappa shape index (κ3) is 3.39. The van der Waals surface area contributed by atoms with Crippen molar-refractivity contribution in [2.45, 2.75) is 45.6 Å². The van der Waals surface area contributed by atoms with E-state index < -0.39 is 5.54 Å². The molecule has 2 rings (SSSR count). The van der Waals surface area contributed by atoms with Gasteiger partial charge in [0.25, 0.3) is 0 Å². The number of piperidine rings is 1. The Kier molecular flexibility index (Phi) is 4.48. The van der Waals surface area contributed by atoms with Crippen LogP contribution < -0.4 is 10.6 Å². The van der Waals surface area contributed by atoms with Gasteiger partial charge >= 0.3 is 0 Å². The fourth-order valence-corrected chi connectivity index (χ4v) is 2.64. The zero-order valence-corrected chi connectivity index (χ0v) is 12.8. The molecule has 112 valence electrons. The highest BCUT2D eigenvalue weighted by Crippen LogP contribution is 2.27. The van der Waals surface area contributed by atoms with Crippen molar-refractivity contribution in [2.24, 2.45) is 5.41 Å². The molecule has 2 N–H and O–H groups in total. The number of aromatic nitrogens is 2. The number of nitrogens with zero attached hydrogens (tertiary/aromatic N) is 2. The van der Waals surface area contributed by atoms with Crippen molar-refractivity contribution in [1.29, 1.82) is 0 Å². The average molecular weight is 278 g/mol. The smallest absolute Gasteiger partial charge is 0.248 e. The summed E-state index contributed by atoms with van der Waals surface area (Å²) in [5.41, 5.74) is -0.285. The lowest BCUT2D eigenvalue weighted by Gasteiger charge is -2.36. The molecule has 0 spiro atoms. The molecule has 1 amide bonds. The minimum Gasteiger partial charge on any atom is -0.354 e. The van der Waals surface area contributed by atoms with Crippen molar-refractivity contribution in [3.8, 4) is 0 Å². The molecule has 0 unspecified atom stereocenters. The van der Waals surface area contributed by atoms with Gasteiger partial charge in [-0.15, -0.1) is 0 Å². The van der Waals surface area contributed by atoms with Gasteiger partial charge in [0.2, 0.25) is 5.91 Å². The van der Waals surface area contributed by atoms with Crippen molar-refractivity contribution in [3.63, 3.8) is 0 Å². The van der Waals surface area contributed by atoms with E-state index in [0.717, 1.165) is 38.9 Å². The van der Waals surface area contributed by atoms with Crippen molar-refractivity contribution in [1.82, 2.24) is 20.4 Å². The average Bonchev–Trinajstić information content (AvgIpc) is 2.92. The summed E-state index contributed by atoms with van der Waals surface area (Å²) in [7, 11) is 0. The normalized spacial score (nSPS) is 18.8. The van der Waals surface area contributed by atoms with Crippen LogP contribution in [0, 0.1) is 5.41 Å². The van der Waals surface area contributed by atoms with Crippen LogP contribution in [0.15, 0.2) is 18.5 Å². The zero-order chi connectivity index (χ0) is 14.6. The molecule has 1 aliphatic rings. The Bertz CT molecular complexity index is 427. The van der Waals surface area contributed by atoms with Crippen molar-refractivity contribution >= 4 is 5.91 Å². The van der Waals surface area contributed by atoms with Crippen LogP contribution in [0.4, 0.5) is 0 Å². The molecule has 0 atom stereocenters. The molecular weight excluding hydrogens is 252 g/mol. The maximum absolute atomic E-state index is 12.7. The molecule has 2 heterocycles. The summed E-state index contributed by atoms with van der Waals surface area (Å²) < 4.78 is 1.83. The monoisotopic (exact) mass is 278 g/mol. The first-order valence-corrected chi connectivity index (χ1v) is 7.43. The minimum absolute atomic E-state index is 0.104. The summed E-state index contributed by atoms with van der Waals surface area (Å²) in [6.07, 6.45) is 6.19. The fourth-order valence-electron chi connectivity index (χ4n) is 2.64. The van der Waals surface area contributed by atoms with Gasteiger partial charge in [-0.3, -0.25) is 9.48 Å². The van der Waals surface area contributed by atoms with E-state index in [9.17, 15) is 4.79 Å². The Labute approximate surface area is 121 Å². The molecule has 0 radical (unpaired) electrons. The molecule has 1 aromatic heterocycles. The van der Waals surface area contributed by atoms with Crippen molar-refractivity contribution in [2.75, 3.05) is 19.6 Å². The Hall–Kier alpha value is -1.36. The van der Waals surface area contributed by atoms with Crippen LogP contribution in [0.2, 0.25) is 0 Å². The summed E-state index contributed by atoms with van der Waals surface area (Å²) in [5, 5.41) is 10.7. The van der Waals surface area contributed by atoms with E-state index in [4.69, 9.17) is 0 Å². The summed E-state index contributed by atoms with van der Waals surface area (Å²) in [4.78, 5) is 12.7. The maximum Gasteiger partial charge on any atom is 0.248 e. The minimum atomic E-state index is -0.521. The highest BCUT2D eigenvalue weighted by molar-refractivity contribution is 5.84. The summed E-state index contributed by atoms with van der Waals surface area (Å²) in [6.45, 7) is 8.99. The van der Waals surface area contributed by atoms with E-state index in [-0.39, 0.29) is 11.3 Å². The van der Waals surface area contributed by atoms with Crippen LogP contribution in [0.3, 0.4) is 0 Å². The number of carbonyl (C=O) groups is 1. The summed E-state index contributed by atoms with van der Waals surface area (Å²) >= 11 is 0. The predicted molar refractivity (Wildman–Crippen MR) is 79.4 cm³/mol. The molecule has 1 aromatic rings. The van der Waals surface area contributed by atoms with Crippen LogP contribution >= 0.6 is 0 Å². The van der Waals surface area contributed by atoms with Gasteiger partial charge in [0, 0.05) is 18.9 Å². The van der Waals surface area contributed by atoms with Crippen LogP contribution in [-0.2, 0) is 10.3 Å². The highest BCUT2D eigenvalue weighted by Gasteiger charge is 2.41. The van der Waals surface area contributed by atoms with Crippen LogP contribution in [0.1, 0.15) is 40.0 Å². The SMILES string of the molecule is CC(C)(C)CCNC(=O)C1(n2cccn2)CCNCC1. The molecule has 0 saturated carbocycles. The lowest BCUT2D eigenvalue weighted by Crippen LogP contribution is -2.54. The van der Waals surface area contributed by atoms with E-state index in [1.165, 1.54) is 0 Å². The van der Waals surface area contributed by atoms with Gasteiger partial charge in [0.1, 0.15) is 5.54 Å². The van der Waals surface area contributed by atoms with Gasteiger partial charge in [-0.25, -0.2) is 0 Å². The quantitative estimate of drug-likeness (QED) is 0.878. The van der Waals surface area contributed by atoms with Crippen molar-refractivity contribution < 1.29 is 4.79 Å². The molecule has 0 bridgehead atoms. The molecule has 1 fully saturated rings. The van der Waals surface area contributed by atoms with E-state index in [0.29, 0.717) is 0 Å². The molecular formula is C15H26N4O. The number of rotatable bonds is 4. The van der Waals surface area contributed by atoms with Gasteiger partial charge in [-0.2, -0.15) is 5.10 Å². The third-order valence-electron chi connectivity index (χ3n) is 3.96. The number of hydrogen-bond acceptors (Lipinski definition) is 3. The second-order valence-electron chi connectivity index (χ2n) is 6.80. The lowest BCUT2D eigenvalue weighted by molar-refractivity contribution is -0.132. The summed E-state index contributed by atoms with van der Waals surface area (Å²) in [6, 6.07) is 1.88. The standard InChI is InChI=1S/C15H26N4O/c1-14(2,3)5-11-17-13(20)15(6-9-16-10-7-15)19-12-4-8-18-19/h4,8,12,16H,5-7,9-11H2,1-3H3,(H,17,20). The Morgan fingerprint density at radius 2 is 2.10 bits per heavy atom. The molecule has 1 aliphatic heterocycles. The second kappa shape index (κ2) is 5.95. The molecule has 1 saturated heterocycles. The fraction of sp³-hybridized carbons (Fsp3) is 0.733. The first-order valence-electron chi connectivity index (χ1n) is 7.43. The van der Waals surface area contributed by atoms with Gasteiger partial charge < -0.3 is 10.6 Å². The Morgan fingerprint density at radius 3 is 2.65 bits per heavy atom. The van der Waals surface area contributed by atoms with E-state index in [1.54, 1.807) is 6.20 Å². The molecule has 20 heavy (non-hydrogen) atoms. The van der Waals surface area contributed by atoms with E-state index in [2.05, 4.69) is 36.5 Å². The largest absolute Gasteiger partial charge is 0.354 e. The zero-order valence-electron chi connectivity index (χ0n) is 12.8. The first-order chi connectivity index (χ1) is 9.44. The molecule has 0 aliphatic carbocycles. The number of amides is 1. The van der Waals surface area contributed by atoms with E-state index >= 15 is 0 Å². The highest BCUT2D eigenvalue weighted by atomic mass is 16.2.